The van der Waals surface area contributed by atoms with Crippen LogP contribution in [0.5, 0.6) is 0 Å². The van der Waals surface area contributed by atoms with Crippen molar-refractivity contribution in [3.63, 3.8) is 0 Å². The van der Waals surface area contributed by atoms with Gasteiger partial charge in [0.25, 0.3) is 0 Å². The molecule has 4 atom stereocenters. The van der Waals surface area contributed by atoms with Crippen LogP contribution in [0.1, 0.15) is 20.8 Å². The molecule has 0 aromatic heterocycles. The van der Waals surface area contributed by atoms with Crippen molar-refractivity contribution in [3.8, 4) is 0 Å². The van der Waals surface area contributed by atoms with Crippen LogP contribution < -0.4 is 5.32 Å². The summed E-state index contributed by atoms with van der Waals surface area (Å²) in [5.41, 5.74) is 0. The standard InChI is InChI=1S/C9H19NO5/c1-5(10-7(3)13)9(14)15-8(4-11)6(2)12/h5-6,8-9,11-12,14H,4H2,1-3H3,(H,10,13)/t5?,6-,8?,9?/m1/s1. The molecule has 0 saturated heterocycles. The molecule has 0 spiro atoms. The highest BCUT2D eigenvalue weighted by molar-refractivity contribution is 5.73. The van der Waals surface area contributed by atoms with E-state index in [1.807, 2.05) is 0 Å². The smallest absolute Gasteiger partial charge is 0.217 e. The molecule has 0 aromatic rings. The van der Waals surface area contributed by atoms with Gasteiger partial charge in [-0.15, -0.1) is 0 Å². The zero-order chi connectivity index (χ0) is 12.0. The molecule has 0 heterocycles. The van der Waals surface area contributed by atoms with E-state index in [-0.39, 0.29) is 5.91 Å². The maximum atomic E-state index is 10.7. The van der Waals surface area contributed by atoms with Gasteiger partial charge < -0.3 is 25.4 Å². The number of aliphatic hydroxyl groups excluding tert-OH is 3. The fourth-order valence-corrected chi connectivity index (χ4v) is 0.998. The number of nitrogens with one attached hydrogen (secondary N) is 1. The van der Waals surface area contributed by atoms with Crippen LogP contribution in [0.15, 0.2) is 0 Å². The van der Waals surface area contributed by atoms with Crippen LogP contribution in [0.25, 0.3) is 0 Å². The predicted molar refractivity (Wildman–Crippen MR) is 52.9 cm³/mol. The molecule has 0 aliphatic carbocycles. The number of ether oxygens (including phenoxy) is 1. The molecule has 0 saturated carbocycles. The molecule has 4 N–H and O–H groups in total. The summed E-state index contributed by atoms with van der Waals surface area (Å²) in [7, 11) is 0. The number of carbonyl (C=O) groups excluding carboxylic acids is 1. The largest absolute Gasteiger partial charge is 0.394 e. The molecule has 15 heavy (non-hydrogen) atoms. The van der Waals surface area contributed by atoms with E-state index < -0.39 is 31.1 Å². The summed E-state index contributed by atoms with van der Waals surface area (Å²) in [4.78, 5) is 10.7. The van der Waals surface area contributed by atoms with E-state index in [0.717, 1.165) is 0 Å². The normalized spacial score (nSPS) is 19.1. The molecular weight excluding hydrogens is 202 g/mol. The van der Waals surface area contributed by atoms with Crippen molar-refractivity contribution in [2.24, 2.45) is 0 Å². The van der Waals surface area contributed by atoms with Gasteiger partial charge in [0.1, 0.15) is 6.10 Å². The molecule has 90 valence electrons. The second-order valence-corrected chi connectivity index (χ2v) is 3.48. The molecule has 6 heteroatoms. The van der Waals surface area contributed by atoms with Gasteiger partial charge in [-0.1, -0.05) is 0 Å². The van der Waals surface area contributed by atoms with Crippen LogP contribution in [0.2, 0.25) is 0 Å². The Kier molecular flexibility index (Phi) is 6.42. The van der Waals surface area contributed by atoms with Gasteiger partial charge in [0, 0.05) is 6.92 Å². The zero-order valence-corrected chi connectivity index (χ0v) is 9.17. The zero-order valence-electron chi connectivity index (χ0n) is 9.17. The van der Waals surface area contributed by atoms with Crippen molar-refractivity contribution in [1.29, 1.82) is 0 Å². The minimum Gasteiger partial charge on any atom is -0.394 e. The first-order chi connectivity index (χ1) is 6.88. The number of aliphatic hydroxyl groups is 3. The Morgan fingerprint density at radius 2 is 1.93 bits per heavy atom. The van der Waals surface area contributed by atoms with E-state index in [0.29, 0.717) is 0 Å². The predicted octanol–water partition coefficient (Wildman–Crippen LogP) is -1.41. The van der Waals surface area contributed by atoms with Gasteiger partial charge in [0.15, 0.2) is 6.29 Å². The van der Waals surface area contributed by atoms with Crippen LogP contribution in [0.4, 0.5) is 0 Å². The van der Waals surface area contributed by atoms with Crippen LogP contribution in [0.3, 0.4) is 0 Å². The van der Waals surface area contributed by atoms with Gasteiger partial charge in [0.2, 0.25) is 5.91 Å². The Balaban J connectivity index is 4.09. The topological polar surface area (TPSA) is 99.0 Å². The molecule has 0 aliphatic heterocycles. The average Bonchev–Trinajstić information content (AvgIpc) is 2.11. The number of hydrogen-bond acceptors (Lipinski definition) is 5. The van der Waals surface area contributed by atoms with Crippen molar-refractivity contribution in [2.75, 3.05) is 6.61 Å². The van der Waals surface area contributed by atoms with Crippen molar-refractivity contribution in [2.45, 2.75) is 45.3 Å². The molecule has 0 bridgehead atoms. The Labute approximate surface area is 88.9 Å². The summed E-state index contributed by atoms with van der Waals surface area (Å²) in [6.07, 6.45) is -3.02. The Morgan fingerprint density at radius 1 is 1.40 bits per heavy atom. The van der Waals surface area contributed by atoms with E-state index in [1.165, 1.54) is 13.8 Å². The molecule has 0 fully saturated rings. The highest BCUT2D eigenvalue weighted by atomic mass is 16.6. The fraction of sp³-hybridized carbons (Fsp3) is 0.889. The first-order valence-electron chi connectivity index (χ1n) is 4.78. The van der Waals surface area contributed by atoms with Crippen LogP contribution >= 0.6 is 0 Å². The van der Waals surface area contributed by atoms with Crippen LogP contribution in [-0.2, 0) is 9.53 Å². The van der Waals surface area contributed by atoms with Gasteiger partial charge in [-0.05, 0) is 13.8 Å². The number of amides is 1. The number of hydrogen-bond donors (Lipinski definition) is 4. The summed E-state index contributed by atoms with van der Waals surface area (Å²) in [5.74, 6) is -0.289. The maximum Gasteiger partial charge on any atom is 0.217 e. The SMILES string of the molecule is CC(=O)NC(C)C(O)OC(CO)[C@@H](C)O. The van der Waals surface area contributed by atoms with Crippen molar-refractivity contribution < 1.29 is 24.9 Å². The summed E-state index contributed by atoms with van der Waals surface area (Å²) in [6.45, 7) is 3.92. The molecule has 3 unspecified atom stereocenters. The monoisotopic (exact) mass is 221 g/mol. The van der Waals surface area contributed by atoms with E-state index in [4.69, 9.17) is 14.9 Å². The maximum absolute atomic E-state index is 10.7. The summed E-state index contributed by atoms with van der Waals surface area (Å²) in [6, 6.07) is -0.602. The quantitative estimate of drug-likeness (QED) is 0.413. The number of carbonyl (C=O) groups is 1. The van der Waals surface area contributed by atoms with Gasteiger partial charge in [-0.25, -0.2) is 0 Å². The van der Waals surface area contributed by atoms with Crippen molar-refractivity contribution >= 4 is 5.91 Å². The lowest BCUT2D eigenvalue weighted by atomic mass is 10.2. The van der Waals surface area contributed by atoms with E-state index in [1.54, 1.807) is 6.92 Å². The van der Waals surface area contributed by atoms with Gasteiger partial charge in [-0.2, -0.15) is 0 Å². The third-order valence-electron chi connectivity index (χ3n) is 1.89. The first-order valence-corrected chi connectivity index (χ1v) is 4.78. The highest BCUT2D eigenvalue weighted by Gasteiger charge is 2.23. The summed E-state index contributed by atoms with van der Waals surface area (Å²) < 4.78 is 4.96. The van der Waals surface area contributed by atoms with E-state index >= 15 is 0 Å². The molecule has 6 nitrogen and oxygen atoms in total. The second kappa shape index (κ2) is 6.73. The van der Waals surface area contributed by atoms with Crippen LogP contribution in [0, 0.1) is 0 Å². The molecule has 0 aromatic carbocycles. The lowest BCUT2D eigenvalue weighted by Gasteiger charge is -2.26. The minimum absolute atomic E-state index is 0.289. The minimum atomic E-state index is -1.26. The molecule has 1 amide bonds. The third-order valence-corrected chi connectivity index (χ3v) is 1.89. The lowest BCUT2D eigenvalue weighted by molar-refractivity contribution is -0.184. The Hall–Kier alpha value is -0.690. The van der Waals surface area contributed by atoms with Crippen molar-refractivity contribution in [1.82, 2.24) is 5.32 Å². The third kappa shape index (κ3) is 5.68. The van der Waals surface area contributed by atoms with Gasteiger partial charge in [0.05, 0.1) is 18.8 Å². The van der Waals surface area contributed by atoms with Gasteiger partial charge >= 0.3 is 0 Å². The molecule has 0 rings (SSSR count). The van der Waals surface area contributed by atoms with E-state index in [2.05, 4.69) is 5.32 Å². The summed E-state index contributed by atoms with van der Waals surface area (Å²) >= 11 is 0. The average molecular weight is 221 g/mol. The number of rotatable bonds is 6. The second-order valence-electron chi connectivity index (χ2n) is 3.48. The highest BCUT2D eigenvalue weighted by Crippen LogP contribution is 2.04. The van der Waals surface area contributed by atoms with Crippen molar-refractivity contribution in [3.05, 3.63) is 0 Å². The van der Waals surface area contributed by atoms with E-state index in [9.17, 15) is 9.90 Å². The lowest BCUT2D eigenvalue weighted by Crippen LogP contribution is -2.45. The Morgan fingerprint density at radius 3 is 2.27 bits per heavy atom. The fourth-order valence-electron chi connectivity index (χ4n) is 0.998. The summed E-state index contributed by atoms with van der Waals surface area (Å²) in [5, 5.41) is 29.9. The molecule has 0 aliphatic rings. The Bertz CT molecular complexity index is 197. The van der Waals surface area contributed by atoms with Crippen LogP contribution in [-0.4, -0.2) is 52.4 Å². The molecule has 0 radical (unpaired) electrons. The first kappa shape index (κ1) is 14.3. The molecular formula is C9H19NO5. The van der Waals surface area contributed by atoms with Gasteiger partial charge in [-0.3, -0.25) is 4.79 Å².